The largest absolute Gasteiger partial charge is 0.394 e. The van der Waals surface area contributed by atoms with E-state index in [9.17, 15) is 24.9 Å². The Morgan fingerprint density at radius 2 is 1.79 bits per heavy atom. The highest BCUT2D eigenvalue weighted by molar-refractivity contribution is 5.77. The number of amides is 1. The summed E-state index contributed by atoms with van der Waals surface area (Å²) in [6, 6.07) is 0. The third-order valence-corrected chi connectivity index (χ3v) is 5.01. The Labute approximate surface area is 166 Å². The number of aliphatic hydroxyl groups excluding tert-OH is 4. The maximum absolute atomic E-state index is 11.8. The van der Waals surface area contributed by atoms with Gasteiger partial charge in [0.15, 0.2) is 6.29 Å². The van der Waals surface area contributed by atoms with Crippen LogP contribution in [-0.4, -0.2) is 82.6 Å². The SMILES string of the molecule is CC(=O)[C@@H](C)CCCCNC(=O)CCCCOC1OC(CO)C(O)C(O)C1O. The summed E-state index contributed by atoms with van der Waals surface area (Å²) in [5.41, 5.74) is 0. The normalized spacial score (nSPS) is 28.7. The van der Waals surface area contributed by atoms with E-state index in [1.165, 1.54) is 0 Å². The molecule has 0 aromatic rings. The van der Waals surface area contributed by atoms with Crippen LogP contribution in [0.25, 0.3) is 0 Å². The van der Waals surface area contributed by atoms with Gasteiger partial charge in [0.1, 0.15) is 30.2 Å². The van der Waals surface area contributed by atoms with E-state index in [0.717, 1.165) is 19.3 Å². The van der Waals surface area contributed by atoms with Crippen LogP contribution in [0.15, 0.2) is 0 Å². The smallest absolute Gasteiger partial charge is 0.219 e. The number of nitrogens with one attached hydrogen (secondary N) is 1. The first-order valence-corrected chi connectivity index (χ1v) is 9.97. The Morgan fingerprint density at radius 3 is 2.43 bits per heavy atom. The van der Waals surface area contributed by atoms with Gasteiger partial charge in [-0.15, -0.1) is 0 Å². The zero-order valence-corrected chi connectivity index (χ0v) is 16.7. The lowest BCUT2D eigenvalue weighted by Gasteiger charge is -2.39. The standard InChI is InChI=1S/C19H35NO8/c1-12(13(2)22)7-3-5-9-20-15(23)8-4-6-10-27-19-18(26)17(25)16(24)14(11-21)28-19/h12,14,16-19,21,24-26H,3-11H2,1-2H3,(H,20,23)/t12-,14?,16?,17?,18?,19?/m0/s1. The lowest BCUT2D eigenvalue weighted by molar-refractivity contribution is -0.301. The summed E-state index contributed by atoms with van der Waals surface area (Å²) in [6.07, 6.45) is -2.35. The van der Waals surface area contributed by atoms with Crippen molar-refractivity contribution in [2.24, 2.45) is 5.92 Å². The third kappa shape index (κ3) is 8.50. The van der Waals surface area contributed by atoms with Crippen LogP contribution in [0.2, 0.25) is 0 Å². The lowest BCUT2D eigenvalue weighted by Crippen LogP contribution is -2.59. The van der Waals surface area contributed by atoms with Gasteiger partial charge in [0.25, 0.3) is 0 Å². The van der Waals surface area contributed by atoms with E-state index >= 15 is 0 Å². The Morgan fingerprint density at radius 1 is 1.07 bits per heavy atom. The molecule has 0 aromatic carbocycles. The van der Waals surface area contributed by atoms with Gasteiger partial charge in [-0.1, -0.05) is 13.3 Å². The van der Waals surface area contributed by atoms with Crippen molar-refractivity contribution in [3.8, 4) is 0 Å². The van der Waals surface area contributed by atoms with Gasteiger partial charge < -0.3 is 35.2 Å². The molecule has 1 fully saturated rings. The molecule has 1 aliphatic heterocycles. The molecule has 1 amide bonds. The van der Waals surface area contributed by atoms with Crippen LogP contribution in [0.3, 0.4) is 0 Å². The molecule has 9 nitrogen and oxygen atoms in total. The number of aliphatic hydroxyl groups is 4. The number of hydrogen-bond acceptors (Lipinski definition) is 8. The Bertz CT molecular complexity index is 473. The molecule has 6 atom stereocenters. The highest BCUT2D eigenvalue weighted by Crippen LogP contribution is 2.22. The Hall–Kier alpha value is -1.10. The zero-order valence-electron chi connectivity index (χ0n) is 16.7. The number of hydrogen-bond donors (Lipinski definition) is 5. The molecule has 0 aliphatic carbocycles. The molecule has 0 bridgehead atoms. The fourth-order valence-electron chi connectivity index (χ4n) is 2.89. The van der Waals surface area contributed by atoms with Crippen LogP contribution in [0.1, 0.15) is 52.4 Å². The molecule has 5 unspecified atom stereocenters. The van der Waals surface area contributed by atoms with Crippen LogP contribution in [0.5, 0.6) is 0 Å². The molecule has 9 heteroatoms. The first kappa shape index (κ1) is 24.9. The summed E-state index contributed by atoms with van der Waals surface area (Å²) in [5.74, 6) is 0.210. The minimum absolute atomic E-state index is 0.0487. The van der Waals surface area contributed by atoms with Crippen LogP contribution in [0.4, 0.5) is 0 Å². The van der Waals surface area contributed by atoms with Crippen molar-refractivity contribution >= 4 is 11.7 Å². The van der Waals surface area contributed by atoms with E-state index in [4.69, 9.17) is 14.6 Å². The monoisotopic (exact) mass is 405 g/mol. The quantitative estimate of drug-likeness (QED) is 0.258. The van der Waals surface area contributed by atoms with Gasteiger partial charge in [-0.25, -0.2) is 0 Å². The molecule has 5 N–H and O–H groups in total. The van der Waals surface area contributed by atoms with Crippen LogP contribution < -0.4 is 5.32 Å². The van der Waals surface area contributed by atoms with E-state index < -0.39 is 37.3 Å². The van der Waals surface area contributed by atoms with E-state index in [1.54, 1.807) is 6.92 Å². The summed E-state index contributed by atoms with van der Waals surface area (Å²) in [7, 11) is 0. The van der Waals surface area contributed by atoms with Crippen LogP contribution >= 0.6 is 0 Å². The van der Waals surface area contributed by atoms with Gasteiger partial charge >= 0.3 is 0 Å². The Kier molecular flexibility index (Phi) is 11.7. The number of carbonyl (C=O) groups is 2. The maximum atomic E-state index is 11.8. The average molecular weight is 405 g/mol. The number of carbonyl (C=O) groups excluding carboxylic acids is 2. The van der Waals surface area contributed by atoms with Gasteiger partial charge in [0.05, 0.1) is 6.61 Å². The lowest BCUT2D eigenvalue weighted by atomic mass is 9.99. The maximum Gasteiger partial charge on any atom is 0.219 e. The third-order valence-electron chi connectivity index (χ3n) is 5.01. The van der Waals surface area contributed by atoms with Gasteiger partial charge in [-0.2, -0.15) is 0 Å². The summed E-state index contributed by atoms with van der Waals surface area (Å²) >= 11 is 0. The van der Waals surface area contributed by atoms with Crippen LogP contribution in [0, 0.1) is 5.92 Å². The van der Waals surface area contributed by atoms with Crippen molar-refractivity contribution in [1.29, 1.82) is 0 Å². The van der Waals surface area contributed by atoms with E-state index in [0.29, 0.717) is 25.8 Å². The van der Waals surface area contributed by atoms with Crippen molar-refractivity contribution in [2.75, 3.05) is 19.8 Å². The Balaban J connectivity index is 2.09. The van der Waals surface area contributed by atoms with Crippen molar-refractivity contribution in [1.82, 2.24) is 5.32 Å². The average Bonchev–Trinajstić information content (AvgIpc) is 2.66. The van der Waals surface area contributed by atoms with Gasteiger partial charge in [0.2, 0.25) is 5.91 Å². The molecule has 1 aliphatic rings. The van der Waals surface area contributed by atoms with E-state index in [2.05, 4.69) is 5.32 Å². The van der Waals surface area contributed by atoms with Crippen molar-refractivity contribution in [2.45, 2.75) is 83.1 Å². The second-order valence-corrected chi connectivity index (χ2v) is 7.38. The number of unbranched alkanes of at least 4 members (excludes halogenated alkanes) is 2. The molecule has 1 heterocycles. The second-order valence-electron chi connectivity index (χ2n) is 7.38. The molecule has 1 rings (SSSR count). The number of rotatable bonds is 13. The molecule has 0 aromatic heterocycles. The first-order valence-electron chi connectivity index (χ1n) is 9.97. The number of ether oxygens (including phenoxy) is 2. The summed E-state index contributed by atoms with van der Waals surface area (Å²) < 4.78 is 10.6. The van der Waals surface area contributed by atoms with Crippen molar-refractivity contribution < 1.29 is 39.5 Å². The van der Waals surface area contributed by atoms with Gasteiger partial charge in [0, 0.05) is 25.5 Å². The minimum Gasteiger partial charge on any atom is -0.394 e. The minimum atomic E-state index is -1.46. The summed E-state index contributed by atoms with van der Waals surface area (Å²) in [4.78, 5) is 22.9. The van der Waals surface area contributed by atoms with Crippen molar-refractivity contribution in [3.05, 3.63) is 0 Å². The molecule has 0 spiro atoms. The molecule has 28 heavy (non-hydrogen) atoms. The summed E-state index contributed by atoms with van der Waals surface area (Å²) in [6.45, 7) is 3.79. The molecule has 0 radical (unpaired) electrons. The highest BCUT2D eigenvalue weighted by atomic mass is 16.7. The van der Waals surface area contributed by atoms with Crippen LogP contribution in [-0.2, 0) is 19.1 Å². The van der Waals surface area contributed by atoms with Crippen molar-refractivity contribution in [3.63, 3.8) is 0 Å². The summed E-state index contributed by atoms with van der Waals surface area (Å²) in [5, 5.41) is 41.2. The zero-order chi connectivity index (χ0) is 21.1. The second kappa shape index (κ2) is 13.2. The van der Waals surface area contributed by atoms with E-state index in [-0.39, 0.29) is 24.2 Å². The predicted octanol–water partition coefficient (Wildman–Crippen LogP) is -0.515. The fourth-order valence-corrected chi connectivity index (χ4v) is 2.89. The molecule has 1 saturated heterocycles. The first-order chi connectivity index (χ1) is 13.3. The van der Waals surface area contributed by atoms with Gasteiger partial charge in [-0.05, 0) is 32.6 Å². The predicted molar refractivity (Wildman–Crippen MR) is 100 cm³/mol. The topological polar surface area (TPSA) is 146 Å². The van der Waals surface area contributed by atoms with Gasteiger partial charge in [-0.3, -0.25) is 9.59 Å². The van der Waals surface area contributed by atoms with E-state index in [1.807, 2.05) is 6.92 Å². The molecular weight excluding hydrogens is 370 g/mol. The highest BCUT2D eigenvalue weighted by Gasteiger charge is 2.43. The molecule has 164 valence electrons. The molecule has 0 saturated carbocycles. The number of ketones is 1. The fraction of sp³-hybridized carbons (Fsp3) is 0.895. The number of Topliss-reactive ketones (excluding diaryl/α,β-unsaturated/α-hetero) is 1. The molecular formula is C19H35NO8.